The minimum absolute atomic E-state index is 0.232. The maximum Gasteiger partial charge on any atom is 0.331 e. The van der Waals surface area contributed by atoms with Crippen molar-refractivity contribution >= 4 is 18.0 Å². The lowest BCUT2D eigenvalue weighted by Crippen LogP contribution is -2.46. The third kappa shape index (κ3) is 5.59. The molecule has 7 nitrogen and oxygen atoms in total. The summed E-state index contributed by atoms with van der Waals surface area (Å²) in [6.07, 6.45) is 3.99. The average molecular weight is 401 g/mol. The van der Waals surface area contributed by atoms with Crippen LogP contribution in [0.5, 0.6) is 0 Å². The lowest BCUT2D eigenvalue weighted by molar-refractivity contribution is -0.150. The summed E-state index contributed by atoms with van der Waals surface area (Å²) in [7, 11) is 0. The fourth-order valence-corrected chi connectivity index (χ4v) is 3.09. The van der Waals surface area contributed by atoms with Crippen molar-refractivity contribution in [3.8, 4) is 5.82 Å². The van der Waals surface area contributed by atoms with E-state index in [0.717, 1.165) is 22.8 Å². The number of carbonyl (C=O) groups is 2. The number of hydrogen-bond donors (Lipinski definition) is 1. The first-order valence-electron chi connectivity index (χ1n) is 9.84. The van der Waals surface area contributed by atoms with Crippen LogP contribution in [-0.4, -0.2) is 37.9 Å². The van der Waals surface area contributed by atoms with Crippen LogP contribution in [0.3, 0.4) is 0 Å². The third-order valence-corrected chi connectivity index (χ3v) is 4.40. The molecule has 0 spiro atoms. The van der Waals surface area contributed by atoms with Crippen LogP contribution in [0, 0.1) is 13.8 Å². The summed E-state index contributed by atoms with van der Waals surface area (Å²) >= 11 is 0. The number of aromatic nitrogens is 3. The molecule has 2 aromatic heterocycles. The molecule has 0 unspecified atom stereocenters. The maximum absolute atomic E-state index is 12.2. The van der Waals surface area contributed by atoms with E-state index in [2.05, 4.69) is 28.8 Å². The molecule has 0 aromatic carbocycles. The molecular formula is C22H32N4O3. The molecule has 0 saturated heterocycles. The van der Waals surface area contributed by atoms with Crippen LogP contribution < -0.4 is 5.32 Å². The molecule has 158 valence electrons. The Morgan fingerprint density at radius 1 is 1.21 bits per heavy atom. The number of hydrogen-bond acceptors (Lipinski definition) is 4. The molecule has 0 radical (unpaired) electrons. The summed E-state index contributed by atoms with van der Waals surface area (Å²) in [6, 6.07) is 4.21. The molecule has 29 heavy (non-hydrogen) atoms. The van der Waals surface area contributed by atoms with Crippen molar-refractivity contribution in [2.75, 3.05) is 0 Å². The molecule has 1 N–H and O–H groups in total. The van der Waals surface area contributed by atoms with E-state index in [1.165, 1.54) is 6.08 Å². The number of aryl methyl sites for hydroxylation is 1. The van der Waals surface area contributed by atoms with Gasteiger partial charge in [-0.1, -0.05) is 0 Å². The molecule has 2 aromatic rings. The summed E-state index contributed by atoms with van der Waals surface area (Å²) in [5.74, 6) is 0.0997. The monoisotopic (exact) mass is 400 g/mol. The van der Waals surface area contributed by atoms with Crippen LogP contribution in [0.4, 0.5) is 0 Å². The van der Waals surface area contributed by atoms with Gasteiger partial charge in [0.2, 0.25) is 0 Å². The largest absolute Gasteiger partial charge is 0.449 e. The van der Waals surface area contributed by atoms with Crippen LogP contribution >= 0.6 is 0 Å². The van der Waals surface area contributed by atoms with E-state index in [1.807, 2.05) is 51.4 Å². The van der Waals surface area contributed by atoms with Crippen LogP contribution in [0.1, 0.15) is 64.5 Å². The predicted molar refractivity (Wildman–Crippen MR) is 114 cm³/mol. The van der Waals surface area contributed by atoms with E-state index in [9.17, 15) is 9.59 Å². The summed E-state index contributed by atoms with van der Waals surface area (Å²) in [5.41, 5.74) is 2.55. The minimum Gasteiger partial charge on any atom is -0.449 e. The summed E-state index contributed by atoms with van der Waals surface area (Å²) in [4.78, 5) is 24.2. The minimum atomic E-state index is -0.862. The normalized spacial score (nSPS) is 13.1. The standard InChI is InChI=1S/C22H32N4O3/c1-14(2)26-19(11-12-23-26)25-15(3)13-18(16(25)4)9-10-20(27)29-17(5)21(28)24-22(6,7)8/h9-14,17H,1-8H3,(H,24,28)/b10-9+/t17-/m1/s1. The van der Waals surface area contributed by atoms with E-state index < -0.39 is 12.1 Å². The second kappa shape index (κ2) is 8.68. The zero-order chi connectivity index (χ0) is 21.9. The smallest absolute Gasteiger partial charge is 0.331 e. The first-order chi connectivity index (χ1) is 13.4. The van der Waals surface area contributed by atoms with E-state index in [0.29, 0.717) is 0 Å². The quantitative estimate of drug-likeness (QED) is 0.592. The van der Waals surface area contributed by atoms with Gasteiger partial charge in [-0.2, -0.15) is 5.10 Å². The second-order valence-corrected chi connectivity index (χ2v) is 8.54. The van der Waals surface area contributed by atoms with Crippen molar-refractivity contribution in [3.05, 3.63) is 41.4 Å². The zero-order valence-corrected chi connectivity index (χ0v) is 18.6. The van der Waals surface area contributed by atoms with Gasteiger partial charge >= 0.3 is 5.97 Å². The Morgan fingerprint density at radius 2 is 1.86 bits per heavy atom. The fourth-order valence-electron chi connectivity index (χ4n) is 3.09. The van der Waals surface area contributed by atoms with Gasteiger partial charge in [-0.15, -0.1) is 0 Å². The fraction of sp³-hybridized carbons (Fsp3) is 0.500. The van der Waals surface area contributed by atoms with Crippen molar-refractivity contribution in [2.45, 2.75) is 73.1 Å². The van der Waals surface area contributed by atoms with Gasteiger partial charge in [0.05, 0.1) is 6.20 Å². The highest BCUT2D eigenvalue weighted by molar-refractivity contribution is 5.90. The number of nitrogens with one attached hydrogen (secondary N) is 1. The van der Waals surface area contributed by atoms with Gasteiger partial charge in [0.25, 0.3) is 5.91 Å². The lowest BCUT2D eigenvalue weighted by Gasteiger charge is -2.22. The maximum atomic E-state index is 12.2. The lowest BCUT2D eigenvalue weighted by atomic mass is 10.1. The SMILES string of the molecule is Cc1cc(/C=C/C(=O)O[C@H](C)C(=O)NC(C)(C)C)c(C)n1-c1ccnn1C(C)C. The van der Waals surface area contributed by atoms with Crippen LogP contribution in [-0.2, 0) is 14.3 Å². The number of nitrogens with zero attached hydrogens (tertiary/aromatic N) is 3. The molecule has 0 saturated carbocycles. The zero-order valence-electron chi connectivity index (χ0n) is 18.6. The van der Waals surface area contributed by atoms with E-state index >= 15 is 0 Å². The van der Waals surface area contributed by atoms with Crippen molar-refractivity contribution in [2.24, 2.45) is 0 Å². The predicted octanol–water partition coefficient (Wildman–Crippen LogP) is 3.73. The van der Waals surface area contributed by atoms with Crippen molar-refractivity contribution in [1.82, 2.24) is 19.7 Å². The molecular weight excluding hydrogens is 368 g/mol. The highest BCUT2D eigenvalue weighted by Gasteiger charge is 2.21. The third-order valence-electron chi connectivity index (χ3n) is 4.40. The average Bonchev–Trinajstić information content (AvgIpc) is 3.15. The van der Waals surface area contributed by atoms with Crippen molar-refractivity contribution < 1.29 is 14.3 Å². The van der Waals surface area contributed by atoms with E-state index in [-0.39, 0.29) is 17.5 Å². The summed E-state index contributed by atoms with van der Waals surface area (Å²) < 4.78 is 9.28. The van der Waals surface area contributed by atoms with Crippen LogP contribution in [0.25, 0.3) is 11.9 Å². The molecule has 7 heteroatoms. The Morgan fingerprint density at radius 3 is 2.45 bits per heavy atom. The molecule has 1 atom stereocenters. The van der Waals surface area contributed by atoms with Gasteiger partial charge in [0.15, 0.2) is 6.10 Å². The molecule has 1 amide bonds. The number of esters is 1. The van der Waals surface area contributed by atoms with Gasteiger partial charge in [0, 0.05) is 35.1 Å². The molecule has 2 heterocycles. The molecule has 0 bridgehead atoms. The summed E-state index contributed by atoms with van der Waals surface area (Å²) in [5, 5.41) is 7.19. The molecule has 0 aliphatic carbocycles. The number of amides is 1. The Hall–Kier alpha value is -2.83. The first-order valence-corrected chi connectivity index (χ1v) is 9.84. The Bertz CT molecular complexity index is 913. The molecule has 0 aliphatic heterocycles. The second-order valence-electron chi connectivity index (χ2n) is 8.54. The van der Waals surface area contributed by atoms with E-state index in [4.69, 9.17) is 4.74 Å². The Labute approximate surface area is 172 Å². The van der Waals surface area contributed by atoms with Gasteiger partial charge in [-0.25, -0.2) is 9.48 Å². The van der Waals surface area contributed by atoms with Crippen molar-refractivity contribution in [1.29, 1.82) is 0 Å². The van der Waals surface area contributed by atoms with E-state index in [1.54, 1.807) is 19.2 Å². The Balaban J connectivity index is 2.15. The van der Waals surface area contributed by atoms with Gasteiger partial charge in [0.1, 0.15) is 5.82 Å². The molecule has 0 fully saturated rings. The van der Waals surface area contributed by atoms with Crippen molar-refractivity contribution in [3.63, 3.8) is 0 Å². The van der Waals surface area contributed by atoms with Gasteiger partial charge in [-0.3, -0.25) is 4.79 Å². The Kier molecular flexibility index (Phi) is 6.72. The number of ether oxygens (including phenoxy) is 1. The number of rotatable bonds is 6. The molecule has 0 aliphatic rings. The summed E-state index contributed by atoms with van der Waals surface area (Å²) in [6.45, 7) is 15.4. The van der Waals surface area contributed by atoms with Gasteiger partial charge < -0.3 is 14.6 Å². The topological polar surface area (TPSA) is 78.2 Å². The molecule has 2 rings (SSSR count). The van der Waals surface area contributed by atoms with Crippen LogP contribution in [0.2, 0.25) is 0 Å². The van der Waals surface area contributed by atoms with Gasteiger partial charge in [-0.05, 0) is 73.1 Å². The van der Waals surface area contributed by atoms with Crippen LogP contribution in [0.15, 0.2) is 24.4 Å². The highest BCUT2D eigenvalue weighted by Crippen LogP contribution is 2.23. The highest BCUT2D eigenvalue weighted by atomic mass is 16.5. The first kappa shape index (κ1) is 22.5. The number of carbonyl (C=O) groups excluding carboxylic acids is 2.